The Bertz CT molecular complexity index is 931. The zero-order valence-electron chi connectivity index (χ0n) is 14.7. The van der Waals surface area contributed by atoms with E-state index in [0.29, 0.717) is 22.7 Å². The van der Waals surface area contributed by atoms with Crippen molar-refractivity contribution in [3.8, 4) is 0 Å². The smallest absolute Gasteiger partial charge is 0.325 e. The minimum atomic E-state index is -0.468. The highest BCUT2D eigenvalue weighted by molar-refractivity contribution is 8.00. The molecule has 0 spiro atoms. The highest BCUT2D eigenvalue weighted by Crippen LogP contribution is 2.22. The lowest BCUT2D eigenvalue weighted by atomic mass is 10.2. The molecule has 0 saturated carbocycles. The number of hydrogen-bond acceptors (Lipinski definition) is 8. The average molecular weight is 386 g/mol. The number of thioether (sulfide) groups is 1. The second-order valence-electron chi connectivity index (χ2n) is 5.45. The Kier molecular flexibility index (Phi) is 6.31. The lowest BCUT2D eigenvalue weighted by molar-refractivity contribution is -0.143. The molecule has 1 N–H and O–H groups in total. The third-order valence-corrected chi connectivity index (χ3v) is 4.50. The van der Waals surface area contributed by atoms with Crippen LogP contribution in [0.3, 0.4) is 0 Å². The molecule has 0 atom stereocenters. The quantitative estimate of drug-likeness (QED) is 0.347. The molecule has 27 heavy (non-hydrogen) atoms. The van der Waals surface area contributed by atoms with Gasteiger partial charge < -0.3 is 10.1 Å². The number of hydrogen-bond donors (Lipinski definition) is 1. The Labute approximate surface area is 159 Å². The van der Waals surface area contributed by atoms with E-state index in [9.17, 15) is 9.59 Å². The van der Waals surface area contributed by atoms with E-state index in [1.54, 1.807) is 11.6 Å². The van der Waals surface area contributed by atoms with E-state index >= 15 is 0 Å². The number of nitrogens with zero attached hydrogens (tertiary/aromatic N) is 5. The monoisotopic (exact) mass is 386 g/mol. The van der Waals surface area contributed by atoms with Gasteiger partial charge in [-0.3, -0.25) is 9.59 Å². The van der Waals surface area contributed by atoms with Gasteiger partial charge in [0.1, 0.15) is 17.9 Å². The minimum absolute atomic E-state index is 0.0943. The Morgan fingerprint density at radius 3 is 2.81 bits per heavy atom. The molecular weight excluding hydrogens is 368 g/mol. The third kappa shape index (κ3) is 5.00. The van der Waals surface area contributed by atoms with Crippen molar-refractivity contribution in [2.45, 2.75) is 18.5 Å². The van der Waals surface area contributed by atoms with Crippen LogP contribution in [0.1, 0.15) is 12.5 Å². The molecule has 0 fully saturated rings. The standard InChI is InChI=1S/C17H18N6O3S/c1-2-26-14(25)8-18-13(24)10-27-17-15-16(19-11-20-17)23(22-21-15)9-12-6-4-3-5-7-12/h3-7,11H,2,8-10H2,1H3,(H,18,24). The van der Waals surface area contributed by atoms with E-state index in [0.717, 1.165) is 5.56 Å². The second kappa shape index (κ2) is 9.08. The molecule has 0 unspecified atom stereocenters. The van der Waals surface area contributed by atoms with Gasteiger partial charge in [-0.05, 0) is 12.5 Å². The fourth-order valence-electron chi connectivity index (χ4n) is 2.31. The van der Waals surface area contributed by atoms with Gasteiger partial charge in [-0.25, -0.2) is 14.6 Å². The van der Waals surface area contributed by atoms with Gasteiger partial charge in [0.05, 0.1) is 18.9 Å². The first-order valence-corrected chi connectivity index (χ1v) is 9.29. The van der Waals surface area contributed by atoms with E-state index in [4.69, 9.17) is 4.74 Å². The summed E-state index contributed by atoms with van der Waals surface area (Å²) in [6.45, 7) is 2.38. The molecule has 0 aliphatic rings. The van der Waals surface area contributed by atoms with Gasteiger partial charge in [-0.2, -0.15) is 0 Å². The summed E-state index contributed by atoms with van der Waals surface area (Å²) in [5, 5.41) is 11.4. The van der Waals surface area contributed by atoms with Crippen LogP contribution in [0, 0.1) is 0 Å². The summed E-state index contributed by atoms with van der Waals surface area (Å²) in [5.41, 5.74) is 2.22. The fraction of sp³-hybridized carbons (Fsp3) is 0.294. The van der Waals surface area contributed by atoms with E-state index in [-0.39, 0.29) is 24.8 Å². The van der Waals surface area contributed by atoms with Crippen LogP contribution in [-0.2, 0) is 20.9 Å². The van der Waals surface area contributed by atoms with Gasteiger partial charge >= 0.3 is 5.97 Å². The van der Waals surface area contributed by atoms with E-state index in [1.165, 1.54) is 18.1 Å². The topological polar surface area (TPSA) is 112 Å². The normalized spacial score (nSPS) is 10.7. The Morgan fingerprint density at radius 1 is 1.22 bits per heavy atom. The molecule has 1 aromatic carbocycles. The third-order valence-electron chi connectivity index (χ3n) is 3.52. The maximum Gasteiger partial charge on any atom is 0.325 e. The molecule has 0 saturated heterocycles. The lowest BCUT2D eigenvalue weighted by Crippen LogP contribution is -2.31. The number of fused-ring (bicyclic) bond motifs is 1. The van der Waals surface area contributed by atoms with Crippen molar-refractivity contribution >= 4 is 34.8 Å². The summed E-state index contributed by atoms with van der Waals surface area (Å²) in [4.78, 5) is 31.6. The van der Waals surface area contributed by atoms with Gasteiger partial charge in [0.2, 0.25) is 5.91 Å². The molecule has 2 aromatic heterocycles. The van der Waals surface area contributed by atoms with Crippen molar-refractivity contribution in [3.05, 3.63) is 42.2 Å². The van der Waals surface area contributed by atoms with Gasteiger partial charge in [-0.1, -0.05) is 47.3 Å². The SMILES string of the molecule is CCOC(=O)CNC(=O)CSc1ncnc2c1nnn2Cc1ccccc1. The molecule has 1 amide bonds. The van der Waals surface area contributed by atoms with Crippen LogP contribution < -0.4 is 5.32 Å². The number of benzene rings is 1. The van der Waals surface area contributed by atoms with Gasteiger partial charge in [-0.15, -0.1) is 5.10 Å². The molecule has 9 nitrogen and oxygen atoms in total. The number of esters is 1. The van der Waals surface area contributed by atoms with Crippen LogP contribution in [0.5, 0.6) is 0 Å². The number of aromatic nitrogens is 5. The molecule has 3 rings (SSSR count). The first kappa shape index (κ1) is 18.8. The van der Waals surface area contributed by atoms with Crippen molar-refractivity contribution in [2.24, 2.45) is 0 Å². The van der Waals surface area contributed by atoms with Gasteiger partial charge in [0.25, 0.3) is 0 Å². The molecular formula is C17H18N6O3S. The van der Waals surface area contributed by atoms with Gasteiger partial charge in [0.15, 0.2) is 11.2 Å². The van der Waals surface area contributed by atoms with Gasteiger partial charge in [0, 0.05) is 0 Å². The van der Waals surface area contributed by atoms with E-state index in [1.807, 2.05) is 30.3 Å². The molecule has 0 aliphatic carbocycles. The lowest BCUT2D eigenvalue weighted by Gasteiger charge is -2.05. The molecule has 10 heteroatoms. The summed E-state index contributed by atoms with van der Waals surface area (Å²) in [6, 6.07) is 9.86. The van der Waals surface area contributed by atoms with Crippen molar-refractivity contribution in [3.63, 3.8) is 0 Å². The summed E-state index contributed by atoms with van der Waals surface area (Å²) in [6.07, 6.45) is 1.42. The van der Waals surface area contributed by atoms with Crippen LogP contribution in [0.15, 0.2) is 41.7 Å². The minimum Gasteiger partial charge on any atom is -0.465 e. The predicted molar refractivity (Wildman–Crippen MR) is 99.0 cm³/mol. The largest absolute Gasteiger partial charge is 0.465 e. The maximum absolute atomic E-state index is 11.9. The van der Waals surface area contributed by atoms with Crippen molar-refractivity contribution < 1.29 is 14.3 Å². The summed E-state index contributed by atoms with van der Waals surface area (Å²) in [7, 11) is 0. The molecule has 3 aromatic rings. The number of rotatable bonds is 8. The second-order valence-corrected chi connectivity index (χ2v) is 6.42. The zero-order valence-corrected chi connectivity index (χ0v) is 15.5. The van der Waals surface area contributed by atoms with Crippen molar-refractivity contribution in [1.29, 1.82) is 0 Å². The van der Waals surface area contributed by atoms with Crippen molar-refractivity contribution in [2.75, 3.05) is 18.9 Å². The molecule has 140 valence electrons. The van der Waals surface area contributed by atoms with Crippen LogP contribution in [-0.4, -0.2) is 55.7 Å². The Balaban J connectivity index is 1.64. The fourth-order valence-corrected chi connectivity index (χ4v) is 3.07. The summed E-state index contributed by atoms with van der Waals surface area (Å²) >= 11 is 1.21. The zero-order chi connectivity index (χ0) is 19.1. The van der Waals surface area contributed by atoms with E-state index < -0.39 is 5.97 Å². The first-order chi connectivity index (χ1) is 13.2. The highest BCUT2D eigenvalue weighted by Gasteiger charge is 2.14. The average Bonchev–Trinajstić information content (AvgIpc) is 3.09. The number of nitrogens with one attached hydrogen (secondary N) is 1. The summed E-state index contributed by atoms with van der Waals surface area (Å²) in [5.74, 6) is -0.669. The Hall–Kier alpha value is -3.01. The molecule has 0 radical (unpaired) electrons. The maximum atomic E-state index is 11.9. The highest BCUT2D eigenvalue weighted by atomic mass is 32.2. The van der Waals surface area contributed by atoms with Crippen LogP contribution >= 0.6 is 11.8 Å². The predicted octanol–water partition coefficient (Wildman–Crippen LogP) is 1.04. The molecule has 0 aliphatic heterocycles. The first-order valence-electron chi connectivity index (χ1n) is 8.30. The number of carbonyl (C=O) groups is 2. The molecule has 2 heterocycles. The summed E-state index contributed by atoms with van der Waals surface area (Å²) < 4.78 is 6.45. The Morgan fingerprint density at radius 2 is 2.04 bits per heavy atom. The van der Waals surface area contributed by atoms with Crippen LogP contribution in [0.25, 0.3) is 11.2 Å². The molecule has 0 bridgehead atoms. The number of carbonyl (C=O) groups excluding carboxylic acids is 2. The van der Waals surface area contributed by atoms with Crippen LogP contribution in [0.4, 0.5) is 0 Å². The van der Waals surface area contributed by atoms with Crippen molar-refractivity contribution in [1.82, 2.24) is 30.3 Å². The van der Waals surface area contributed by atoms with E-state index in [2.05, 4.69) is 25.6 Å². The number of amides is 1. The number of ether oxygens (including phenoxy) is 1. The van der Waals surface area contributed by atoms with Crippen LogP contribution in [0.2, 0.25) is 0 Å².